The van der Waals surface area contributed by atoms with Crippen LogP contribution in [0.25, 0.3) is 0 Å². The Hall–Kier alpha value is -1.13. The first-order chi connectivity index (χ1) is 10.2. The Bertz CT molecular complexity index is 466. The third-order valence-corrected chi connectivity index (χ3v) is 4.90. The number of nitrogens with zero attached hydrogens (tertiary/aromatic N) is 1. The standard InChI is InChI=1S/C17H24FNO2/c18-15-7-3-4-8-16(15)21-13-17(20)9-11-19(12-10-17)14-5-1-2-6-14/h3-4,7-8,14,20H,1-2,5-6,9-13H2. The van der Waals surface area contributed by atoms with Gasteiger partial charge in [0, 0.05) is 19.1 Å². The van der Waals surface area contributed by atoms with E-state index in [1.165, 1.54) is 31.7 Å². The molecule has 2 fully saturated rings. The molecule has 0 bridgehead atoms. The van der Waals surface area contributed by atoms with Crippen molar-refractivity contribution in [2.24, 2.45) is 0 Å². The minimum Gasteiger partial charge on any atom is -0.488 e. The molecule has 4 heteroatoms. The summed E-state index contributed by atoms with van der Waals surface area (Å²) in [7, 11) is 0. The molecule has 2 aliphatic rings. The first-order valence-corrected chi connectivity index (χ1v) is 8.00. The van der Waals surface area contributed by atoms with Crippen LogP contribution < -0.4 is 4.74 Å². The number of benzene rings is 1. The van der Waals surface area contributed by atoms with E-state index in [0.717, 1.165) is 13.1 Å². The van der Waals surface area contributed by atoms with Crippen LogP contribution in [-0.2, 0) is 0 Å². The third-order valence-electron chi connectivity index (χ3n) is 4.90. The van der Waals surface area contributed by atoms with Crippen molar-refractivity contribution in [3.63, 3.8) is 0 Å². The van der Waals surface area contributed by atoms with Gasteiger partial charge in [-0.15, -0.1) is 0 Å². The Morgan fingerprint density at radius 3 is 2.52 bits per heavy atom. The van der Waals surface area contributed by atoms with E-state index in [1.807, 2.05) is 0 Å². The number of rotatable bonds is 4. The van der Waals surface area contributed by atoms with Gasteiger partial charge in [-0.1, -0.05) is 25.0 Å². The molecule has 0 radical (unpaired) electrons. The number of halogens is 1. The van der Waals surface area contributed by atoms with Crippen LogP contribution in [0.5, 0.6) is 5.75 Å². The van der Waals surface area contributed by atoms with Gasteiger partial charge in [-0.05, 0) is 37.8 Å². The van der Waals surface area contributed by atoms with E-state index in [0.29, 0.717) is 18.9 Å². The van der Waals surface area contributed by atoms with Gasteiger partial charge in [0.2, 0.25) is 0 Å². The van der Waals surface area contributed by atoms with Crippen molar-refractivity contribution in [2.75, 3.05) is 19.7 Å². The van der Waals surface area contributed by atoms with E-state index in [-0.39, 0.29) is 18.2 Å². The van der Waals surface area contributed by atoms with Crippen LogP contribution in [-0.4, -0.2) is 41.3 Å². The first-order valence-electron chi connectivity index (χ1n) is 8.00. The zero-order valence-corrected chi connectivity index (χ0v) is 12.4. The van der Waals surface area contributed by atoms with Crippen molar-refractivity contribution in [1.29, 1.82) is 0 Å². The summed E-state index contributed by atoms with van der Waals surface area (Å²) in [5.41, 5.74) is -0.822. The molecule has 116 valence electrons. The van der Waals surface area contributed by atoms with Gasteiger partial charge in [0.15, 0.2) is 11.6 Å². The highest BCUT2D eigenvalue weighted by atomic mass is 19.1. The lowest BCUT2D eigenvalue weighted by atomic mass is 9.91. The largest absolute Gasteiger partial charge is 0.488 e. The molecule has 3 rings (SSSR count). The second-order valence-corrected chi connectivity index (χ2v) is 6.42. The molecule has 1 saturated heterocycles. The van der Waals surface area contributed by atoms with Crippen molar-refractivity contribution in [2.45, 2.75) is 50.2 Å². The maximum Gasteiger partial charge on any atom is 0.165 e. The highest BCUT2D eigenvalue weighted by Crippen LogP contribution is 2.30. The highest BCUT2D eigenvalue weighted by molar-refractivity contribution is 5.23. The second-order valence-electron chi connectivity index (χ2n) is 6.42. The first kappa shape index (κ1) is 14.8. The van der Waals surface area contributed by atoms with Crippen LogP contribution in [0, 0.1) is 5.82 Å². The van der Waals surface area contributed by atoms with Crippen LogP contribution in [0.3, 0.4) is 0 Å². The molecule has 0 amide bonds. The van der Waals surface area contributed by atoms with Crippen molar-refractivity contribution in [3.05, 3.63) is 30.1 Å². The molecule has 1 saturated carbocycles. The smallest absolute Gasteiger partial charge is 0.165 e. The summed E-state index contributed by atoms with van der Waals surface area (Å²) in [5.74, 6) is -0.145. The molecule has 0 atom stereocenters. The highest BCUT2D eigenvalue weighted by Gasteiger charge is 2.36. The molecule has 0 aromatic heterocycles. The molecule has 3 nitrogen and oxygen atoms in total. The van der Waals surface area contributed by atoms with E-state index in [1.54, 1.807) is 18.2 Å². The molecule has 1 aromatic carbocycles. The minimum atomic E-state index is -0.822. The summed E-state index contributed by atoms with van der Waals surface area (Å²) in [6.07, 6.45) is 6.67. The van der Waals surface area contributed by atoms with E-state index in [9.17, 15) is 9.50 Å². The fourth-order valence-corrected chi connectivity index (χ4v) is 3.49. The van der Waals surface area contributed by atoms with E-state index in [4.69, 9.17) is 4.74 Å². The summed E-state index contributed by atoms with van der Waals surface area (Å²) in [6, 6.07) is 7.07. The predicted octanol–water partition coefficient (Wildman–Crippen LogP) is 2.97. The molecule has 1 aliphatic heterocycles. The number of para-hydroxylation sites is 1. The van der Waals surface area contributed by atoms with Gasteiger partial charge in [-0.25, -0.2) is 4.39 Å². The number of hydrogen-bond donors (Lipinski definition) is 1. The molecule has 1 N–H and O–H groups in total. The monoisotopic (exact) mass is 293 g/mol. The average Bonchev–Trinajstić information content (AvgIpc) is 3.02. The Morgan fingerprint density at radius 2 is 1.86 bits per heavy atom. The zero-order valence-electron chi connectivity index (χ0n) is 12.4. The summed E-state index contributed by atoms with van der Waals surface area (Å²) in [6.45, 7) is 2.01. The summed E-state index contributed by atoms with van der Waals surface area (Å²) in [4.78, 5) is 2.50. The Labute approximate surface area is 125 Å². The van der Waals surface area contributed by atoms with E-state index >= 15 is 0 Å². The number of aliphatic hydroxyl groups is 1. The van der Waals surface area contributed by atoms with Crippen LogP contribution >= 0.6 is 0 Å². The maximum absolute atomic E-state index is 13.5. The summed E-state index contributed by atoms with van der Waals surface area (Å²) < 4.78 is 19.0. The molecule has 1 heterocycles. The molecule has 21 heavy (non-hydrogen) atoms. The van der Waals surface area contributed by atoms with Crippen LogP contribution in [0.1, 0.15) is 38.5 Å². The number of ether oxygens (including phenoxy) is 1. The number of likely N-dealkylation sites (tertiary alicyclic amines) is 1. The number of piperidine rings is 1. The SMILES string of the molecule is OC1(COc2ccccc2F)CCN(C2CCCC2)CC1. The van der Waals surface area contributed by atoms with Crippen molar-refractivity contribution in [3.8, 4) is 5.75 Å². The third kappa shape index (κ3) is 3.55. The topological polar surface area (TPSA) is 32.7 Å². The number of hydrogen-bond acceptors (Lipinski definition) is 3. The molecular weight excluding hydrogens is 269 g/mol. The summed E-state index contributed by atoms with van der Waals surface area (Å²) in [5, 5.41) is 10.6. The van der Waals surface area contributed by atoms with Crippen molar-refractivity contribution >= 4 is 0 Å². The molecular formula is C17H24FNO2. The van der Waals surface area contributed by atoms with Gasteiger partial charge in [0.05, 0.1) is 0 Å². The van der Waals surface area contributed by atoms with Crippen LogP contribution in [0.2, 0.25) is 0 Å². The van der Waals surface area contributed by atoms with Gasteiger partial charge >= 0.3 is 0 Å². The molecule has 0 spiro atoms. The Morgan fingerprint density at radius 1 is 1.19 bits per heavy atom. The van der Waals surface area contributed by atoms with Gasteiger partial charge in [-0.3, -0.25) is 0 Å². The van der Waals surface area contributed by atoms with Crippen molar-refractivity contribution in [1.82, 2.24) is 4.90 Å². The van der Waals surface area contributed by atoms with Crippen LogP contribution in [0.15, 0.2) is 24.3 Å². The van der Waals surface area contributed by atoms with Gasteiger partial charge in [0.1, 0.15) is 12.2 Å². The quantitative estimate of drug-likeness (QED) is 0.926. The predicted molar refractivity (Wildman–Crippen MR) is 79.9 cm³/mol. The fourth-order valence-electron chi connectivity index (χ4n) is 3.49. The normalized spacial score (nSPS) is 23.3. The zero-order chi connectivity index (χ0) is 14.7. The molecule has 0 unspecified atom stereocenters. The van der Waals surface area contributed by atoms with Gasteiger partial charge in [-0.2, -0.15) is 0 Å². The molecule has 1 aliphatic carbocycles. The van der Waals surface area contributed by atoms with E-state index < -0.39 is 5.60 Å². The lowest BCUT2D eigenvalue weighted by Gasteiger charge is -2.40. The Kier molecular flexibility index (Phi) is 4.45. The second kappa shape index (κ2) is 6.32. The fraction of sp³-hybridized carbons (Fsp3) is 0.647. The van der Waals surface area contributed by atoms with Gasteiger partial charge in [0.25, 0.3) is 0 Å². The molecule has 1 aromatic rings. The lowest BCUT2D eigenvalue weighted by molar-refractivity contribution is -0.0595. The van der Waals surface area contributed by atoms with E-state index in [2.05, 4.69) is 4.90 Å². The maximum atomic E-state index is 13.5. The van der Waals surface area contributed by atoms with Crippen molar-refractivity contribution < 1.29 is 14.2 Å². The van der Waals surface area contributed by atoms with Crippen LogP contribution in [0.4, 0.5) is 4.39 Å². The average molecular weight is 293 g/mol. The summed E-state index contributed by atoms with van der Waals surface area (Å²) >= 11 is 0. The Balaban J connectivity index is 1.51. The minimum absolute atomic E-state index is 0.173. The van der Waals surface area contributed by atoms with Gasteiger partial charge < -0.3 is 14.7 Å². The lowest BCUT2D eigenvalue weighted by Crippen LogP contribution is -2.50.